The average Bonchev–Trinajstić information content (AvgIpc) is 2.88. The van der Waals surface area contributed by atoms with Gasteiger partial charge in [-0.1, -0.05) is 0 Å². The van der Waals surface area contributed by atoms with Gasteiger partial charge in [0.2, 0.25) is 0 Å². The van der Waals surface area contributed by atoms with Crippen LogP contribution in [0.3, 0.4) is 0 Å². The van der Waals surface area contributed by atoms with Crippen LogP contribution in [-0.2, 0) is 12.7 Å². The quantitative estimate of drug-likeness (QED) is 0.919. The van der Waals surface area contributed by atoms with Crippen LogP contribution >= 0.6 is 0 Å². The third-order valence-electron chi connectivity index (χ3n) is 2.50. The van der Waals surface area contributed by atoms with Crippen molar-refractivity contribution in [2.24, 2.45) is 0 Å². The maximum atomic E-state index is 12.5. The molecule has 1 aromatic carbocycles. The highest BCUT2D eigenvalue weighted by Crippen LogP contribution is 2.31. The largest absolute Gasteiger partial charge is 0.467 e. The highest BCUT2D eigenvalue weighted by Gasteiger charge is 2.31. The summed E-state index contributed by atoms with van der Waals surface area (Å²) in [6, 6.07) is 8.17. The molecule has 98 valence electrons. The van der Waals surface area contributed by atoms with Crippen LogP contribution in [0.4, 0.5) is 18.9 Å². The number of halogens is 3. The number of nitrogens with one attached hydrogen (secondary N) is 1. The highest BCUT2D eigenvalue weighted by atomic mass is 19.4. The van der Waals surface area contributed by atoms with Gasteiger partial charge in [-0.3, -0.25) is 0 Å². The molecule has 0 fully saturated rings. The molecule has 1 heterocycles. The number of hydrogen-bond donors (Lipinski definition) is 1. The topological polar surface area (TPSA) is 49.0 Å². The minimum atomic E-state index is -4.45. The maximum absolute atomic E-state index is 12.5. The molecular formula is C13H9F3N2O. The first kappa shape index (κ1) is 13.0. The molecule has 2 aromatic rings. The Morgan fingerprint density at radius 3 is 2.63 bits per heavy atom. The first-order valence-corrected chi connectivity index (χ1v) is 5.38. The van der Waals surface area contributed by atoms with E-state index in [1.165, 1.54) is 12.3 Å². The van der Waals surface area contributed by atoms with Crippen molar-refractivity contribution >= 4 is 5.69 Å². The lowest BCUT2D eigenvalue weighted by Crippen LogP contribution is -2.07. The molecule has 0 aliphatic heterocycles. The molecule has 0 saturated carbocycles. The van der Waals surface area contributed by atoms with Gasteiger partial charge in [0, 0.05) is 0 Å². The van der Waals surface area contributed by atoms with Crippen molar-refractivity contribution in [3.63, 3.8) is 0 Å². The van der Waals surface area contributed by atoms with Gasteiger partial charge in [-0.2, -0.15) is 18.4 Å². The lowest BCUT2D eigenvalue weighted by Gasteiger charge is -2.10. The summed E-state index contributed by atoms with van der Waals surface area (Å²) in [5.74, 6) is 0.629. The second-order valence-electron chi connectivity index (χ2n) is 3.80. The maximum Gasteiger partial charge on any atom is 0.416 e. The van der Waals surface area contributed by atoms with E-state index in [1.807, 2.05) is 0 Å². The van der Waals surface area contributed by atoms with Crippen LogP contribution in [0.25, 0.3) is 0 Å². The van der Waals surface area contributed by atoms with E-state index in [-0.39, 0.29) is 5.56 Å². The SMILES string of the molecule is N#Cc1cc(C(F)(F)F)ccc1NCc1ccco1. The number of anilines is 1. The molecule has 6 heteroatoms. The zero-order valence-electron chi connectivity index (χ0n) is 9.66. The van der Waals surface area contributed by atoms with Crippen molar-refractivity contribution in [2.45, 2.75) is 12.7 Å². The fraction of sp³-hybridized carbons (Fsp3) is 0.154. The zero-order chi connectivity index (χ0) is 13.9. The number of benzene rings is 1. The smallest absolute Gasteiger partial charge is 0.416 e. The summed E-state index contributed by atoms with van der Waals surface area (Å²) in [4.78, 5) is 0. The van der Waals surface area contributed by atoms with Crippen LogP contribution in [-0.4, -0.2) is 0 Å². The third kappa shape index (κ3) is 3.07. The molecule has 1 N–H and O–H groups in total. The number of alkyl halides is 3. The fourth-order valence-corrected chi connectivity index (χ4v) is 1.56. The normalized spacial score (nSPS) is 11.1. The molecule has 19 heavy (non-hydrogen) atoms. The van der Waals surface area contributed by atoms with Gasteiger partial charge in [0.1, 0.15) is 11.8 Å². The summed E-state index contributed by atoms with van der Waals surface area (Å²) < 4.78 is 42.6. The van der Waals surface area contributed by atoms with Crippen molar-refractivity contribution in [1.29, 1.82) is 5.26 Å². The Morgan fingerprint density at radius 1 is 1.26 bits per heavy atom. The molecule has 0 spiro atoms. The van der Waals surface area contributed by atoms with E-state index in [0.29, 0.717) is 18.0 Å². The second kappa shape index (κ2) is 5.06. The van der Waals surface area contributed by atoms with Crippen LogP contribution in [0.1, 0.15) is 16.9 Å². The molecule has 1 aromatic heterocycles. The number of nitriles is 1. The van der Waals surface area contributed by atoms with Gasteiger partial charge < -0.3 is 9.73 Å². The molecule has 0 aliphatic carbocycles. The molecular weight excluding hydrogens is 257 g/mol. The van der Waals surface area contributed by atoms with E-state index in [4.69, 9.17) is 9.68 Å². The van der Waals surface area contributed by atoms with Crippen LogP contribution in [0.5, 0.6) is 0 Å². The standard InChI is InChI=1S/C13H9F3N2O/c14-13(15,16)10-3-4-12(9(6-10)7-17)18-8-11-2-1-5-19-11/h1-6,18H,8H2. The minimum absolute atomic E-state index is 0.0543. The third-order valence-corrected chi connectivity index (χ3v) is 2.50. The number of hydrogen-bond acceptors (Lipinski definition) is 3. The Balaban J connectivity index is 2.20. The number of rotatable bonds is 3. The van der Waals surface area contributed by atoms with Crippen molar-refractivity contribution in [3.05, 3.63) is 53.5 Å². The molecule has 0 saturated heterocycles. The molecule has 0 amide bonds. The summed E-state index contributed by atoms with van der Waals surface area (Å²) in [5.41, 5.74) is -0.555. The monoisotopic (exact) mass is 266 g/mol. The predicted octanol–water partition coefficient (Wildman–Crippen LogP) is 3.78. The molecule has 0 radical (unpaired) electrons. The lowest BCUT2D eigenvalue weighted by atomic mass is 10.1. The van der Waals surface area contributed by atoms with E-state index in [0.717, 1.165) is 12.1 Å². The summed E-state index contributed by atoms with van der Waals surface area (Å²) in [6.45, 7) is 0.299. The Kier molecular flexibility index (Phi) is 3.47. The Labute approximate surface area is 107 Å². The van der Waals surface area contributed by atoms with E-state index in [1.54, 1.807) is 18.2 Å². The van der Waals surface area contributed by atoms with Crippen LogP contribution in [0, 0.1) is 11.3 Å². The summed E-state index contributed by atoms with van der Waals surface area (Å²) in [7, 11) is 0. The molecule has 0 aliphatic rings. The second-order valence-corrected chi connectivity index (χ2v) is 3.80. The van der Waals surface area contributed by atoms with Gasteiger partial charge in [-0.15, -0.1) is 0 Å². The molecule has 0 bridgehead atoms. The van der Waals surface area contributed by atoms with Gasteiger partial charge in [-0.05, 0) is 30.3 Å². The Hall–Kier alpha value is -2.42. The summed E-state index contributed by atoms with van der Waals surface area (Å²) in [5, 5.41) is 11.7. The average molecular weight is 266 g/mol. The summed E-state index contributed by atoms with van der Waals surface area (Å²) >= 11 is 0. The number of furan rings is 1. The van der Waals surface area contributed by atoms with E-state index >= 15 is 0 Å². The van der Waals surface area contributed by atoms with Gasteiger partial charge in [0.15, 0.2) is 0 Å². The number of nitrogens with zero attached hydrogens (tertiary/aromatic N) is 1. The van der Waals surface area contributed by atoms with Gasteiger partial charge in [-0.25, -0.2) is 0 Å². The van der Waals surface area contributed by atoms with Crippen LogP contribution < -0.4 is 5.32 Å². The van der Waals surface area contributed by atoms with E-state index in [9.17, 15) is 13.2 Å². The fourth-order valence-electron chi connectivity index (χ4n) is 1.56. The van der Waals surface area contributed by atoms with Gasteiger partial charge in [0.25, 0.3) is 0 Å². The van der Waals surface area contributed by atoms with E-state index < -0.39 is 11.7 Å². The van der Waals surface area contributed by atoms with Crippen molar-refractivity contribution < 1.29 is 17.6 Å². The first-order chi connectivity index (χ1) is 9.00. The molecule has 3 nitrogen and oxygen atoms in total. The minimum Gasteiger partial charge on any atom is -0.467 e. The van der Waals surface area contributed by atoms with Crippen molar-refractivity contribution in [2.75, 3.05) is 5.32 Å². The zero-order valence-corrected chi connectivity index (χ0v) is 9.66. The highest BCUT2D eigenvalue weighted by molar-refractivity contribution is 5.59. The lowest BCUT2D eigenvalue weighted by molar-refractivity contribution is -0.137. The molecule has 0 atom stereocenters. The summed E-state index contributed by atoms with van der Waals surface area (Å²) in [6.07, 6.45) is -2.96. The van der Waals surface area contributed by atoms with Crippen molar-refractivity contribution in [3.8, 4) is 6.07 Å². The van der Waals surface area contributed by atoms with Gasteiger partial charge >= 0.3 is 6.18 Å². The molecule has 0 unspecified atom stereocenters. The van der Waals surface area contributed by atoms with Crippen LogP contribution in [0.2, 0.25) is 0 Å². The predicted molar refractivity (Wildman–Crippen MR) is 62.2 cm³/mol. The first-order valence-electron chi connectivity index (χ1n) is 5.38. The Bertz CT molecular complexity index is 597. The van der Waals surface area contributed by atoms with Gasteiger partial charge in [0.05, 0.1) is 29.6 Å². The van der Waals surface area contributed by atoms with Crippen molar-refractivity contribution in [1.82, 2.24) is 0 Å². The Morgan fingerprint density at radius 2 is 2.05 bits per heavy atom. The molecule has 2 rings (SSSR count). The van der Waals surface area contributed by atoms with Crippen LogP contribution in [0.15, 0.2) is 41.0 Å². The van der Waals surface area contributed by atoms with E-state index in [2.05, 4.69) is 5.32 Å².